The Labute approximate surface area is 251 Å². The number of benzene rings is 3. The molecule has 0 fully saturated rings. The van der Waals surface area contributed by atoms with E-state index in [0.717, 1.165) is 45.1 Å². The summed E-state index contributed by atoms with van der Waals surface area (Å²) in [5.41, 5.74) is 4.54. The van der Waals surface area contributed by atoms with Gasteiger partial charge in [0.25, 0.3) is 5.56 Å². The summed E-state index contributed by atoms with van der Waals surface area (Å²) in [6, 6.07) is 29.1. The zero-order valence-corrected chi connectivity index (χ0v) is 25.7. The molecular formula is C34H28IrN5O-. The maximum atomic E-state index is 13.5. The second-order valence-electron chi connectivity index (χ2n) is 11.8. The van der Waals surface area contributed by atoms with Gasteiger partial charge < -0.3 is 4.40 Å². The molecule has 1 aliphatic carbocycles. The van der Waals surface area contributed by atoms with Crippen LogP contribution in [-0.4, -0.2) is 24.3 Å². The summed E-state index contributed by atoms with van der Waals surface area (Å²) in [5.74, 6) is 1.76. The minimum Gasteiger partial charge on any atom is -0.345 e. The van der Waals surface area contributed by atoms with E-state index in [0.29, 0.717) is 23.1 Å². The van der Waals surface area contributed by atoms with Crippen LogP contribution in [-0.2, 0) is 30.9 Å². The van der Waals surface area contributed by atoms with E-state index in [1.807, 2.05) is 79.0 Å². The molecule has 0 atom stereocenters. The summed E-state index contributed by atoms with van der Waals surface area (Å²) in [7, 11) is 0. The van der Waals surface area contributed by atoms with Crippen LogP contribution in [0.25, 0.3) is 50.6 Å². The molecule has 3 heterocycles. The number of fused-ring (bicyclic) bond motifs is 5. The van der Waals surface area contributed by atoms with Crippen molar-refractivity contribution < 1.29 is 20.1 Å². The summed E-state index contributed by atoms with van der Waals surface area (Å²) in [5, 5.41) is 1.65. The topological polar surface area (TPSA) is 73.0 Å². The SMILES string of the molecule is CC1(C)CC(C)(C)c2c1c(=O)nc1c3[c-]ccc(-c4nc(-c5ccccc5)nc(-c5ccccc5)n4)c3ccn21.[Ir]. The number of rotatable bonds is 3. The Morgan fingerprint density at radius 1 is 0.732 bits per heavy atom. The van der Waals surface area contributed by atoms with Gasteiger partial charge >= 0.3 is 0 Å². The van der Waals surface area contributed by atoms with Crippen LogP contribution in [0.3, 0.4) is 0 Å². The molecule has 1 radical (unpaired) electrons. The molecule has 41 heavy (non-hydrogen) atoms. The number of aromatic nitrogens is 5. The van der Waals surface area contributed by atoms with Gasteiger partial charge in [-0.15, -0.1) is 18.2 Å². The number of hydrogen-bond acceptors (Lipinski definition) is 5. The van der Waals surface area contributed by atoms with Gasteiger partial charge in [-0.3, -0.25) is 4.79 Å². The molecule has 0 bridgehead atoms. The number of pyridine rings is 1. The van der Waals surface area contributed by atoms with Gasteiger partial charge in [0.05, 0.1) is 5.65 Å². The first-order valence-electron chi connectivity index (χ1n) is 13.5. The Bertz CT molecular complexity index is 1940. The fraction of sp³-hybridized carbons (Fsp3) is 0.206. The van der Waals surface area contributed by atoms with E-state index in [4.69, 9.17) is 15.0 Å². The fourth-order valence-corrected chi connectivity index (χ4v) is 6.55. The molecule has 7 heteroatoms. The standard InChI is InChI=1S/C34H28N5O.Ir/c1-33(2)20-34(3,4)27-26(33)32(40)38-31-25-17-11-16-24(23(25)18-19-39(27)31)30-36-28(21-12-7-5-8-13-21)35-29(37-30)22-14-9-6-10-15-22;/h5-16,18-19H,20H2,1-4H3;/q-1;. The first kappa shape index (κ1) is 27.1. The van der Waals surface area contributed by atoms with Gasteiger partial charge in [-0.1, -0.05) is 111 Å². The van der Waals surface area contributed by atoms with Gasteiger partial charge in [-0.2, -0.15) is 0 Å². The second-order valence-corrected chi connectivity index (χ2v) is 11.8. The summed E-state index contributed by atoms with van der Waals surface area (Å²) < 4.78 is 2.09. The van der Waals surface area contributed by atoms with E-state index in [1.54, 1.807) is 0 Å². The Hall–Kier alpha value is -4.06. The van der Waals surface area contributed by atoms with E-state index in [1.165, 1.54) is 0 Å². The molecule has 6 nitrogen and oxygen atoms in total. The van der Waals surface area contributed by atoms with Gasteiger partial charge in [0.1, 0.15) is 5.82 Å². The van der Waals surface area contributed by atoms with Crippen LogP contribution in [0.2, 0.25) is 0 Å². The molecule has 0 aliphatic heterocycles. The molecule has 1 aliphatic rings. The monoisotopic (exact) mass is 715 g/mol. The summed E-state index contributed by atoms with van der Waals surface area (Å²) in [6.45, 7) is 8.68. The van der Waals surface area contributed by atoms with E-state index in [-0.39, 0.29) is 36.5 Å². The average molecular weight is 715 g/mol. The van der Waals surface area contributed by atoms with Crippen molar-refractivity contribution in [1.29, 1.82) is 0 Å². The third kappa shape index (κ3) is 4.41. The zero-order chi connectivity index (χ0) is 27.6. The normalized spacial score (nSPS) is 15.0. The van der Waals surface area contributed by atoms with Crippen LogP contribution in [0, 0.1) is 6.07 Å². The Morgan fingerprint density at radius 3 is 1.93 bits per heavy atom. The maximum Gasteiger partial charge on any atom is 0.267 e. The molecule has 0 spiro atoms. The van der Waals surface area contributed by atoms with Gasteiger partial charge in [-0.25, -0.2) is 19.9 Å². The Morgan fingerprint density at radius 2 is 1.32 bits per heavy atom. The van der Waals surface area contributed by atoms with E-state index in [2.05, 4.69) is 49.2 Å². The predicted molar refractivity (Wildman–Crippen MR) is 158 cm³/mol. The summed E-state index contributed by atoms with van der Waals surface area (Å²) in [6.07, 6.45) is 2.91. The van der Waals surface area contributed by atoms with E-state index >= 15 is 0 Å². The van der Waals surface area contributed by atoms with E-state index in [9.17, 15) is 4.79 Å². The molecule has 205 valence electrons. The number of hydrogen-bond donors (Lipinski definition) is 0. The minimum absolute atomic E-state index is 0. The molecule has 3 aromatic heterocycles. The summed E-state index contributed by atoms with van der Waals surface area (Å²) >= 11 is 0. The van der Waals surface area contributed by atoms with Crippen LogP contribution in [0.15, 0.2) is 89.9 Å². The van der Waals surface area contributed by atoms with Crippen LogP contribution < -0.4 is 5.56 Å². The Balaban J connectivity index is 0.00000302. The molecule has 0 amide bonds. The van der Waals surface area contributed by atoms with Crippen molar-refractivity contribution in [2.24, 2.45) is 0 Å². The number of nitrogens with zero attached hydrogens (tertiary/aromatic N) is 5. The van der Waals surface area contributed by atoms with Crippen molar-refractivity contribution in [1.82, 2.24) is 24.3 Å². The zero-order valence-electron chi connectivity index (χ0n) is 23.3. The molecule has 3 aromatic carbocycles. The minimum atomic E-state index is -0.239. The summed E-state index contributed by atoms with van der Waals surface area (Å²) in [4.78, 5) is 32.7. The third-order valence-corrected chi connectivity index (χ3v) is 7.92. The molecule has 0 saturated heterocycles. The van der Waals surface area contributed by atoms with Gasteiger partial charge in [-0.05, 0) is 18.0 Å². The van der Waals surface area contributed by atoms with Crippen LogP contribution in [0.4, 0.5) is 0 Å². The van der Waals surface area contributed by atoms with Crippen LogP contribution in [0.1, 0.15) is 45.4 Å². The second kappa shape index (κ2) is 9.79. The van der Waals surface area contributed by atoms with Crippen LogP contribution >= 0.6 is 0 Å². The third-order valence-electron chi connectivity index (χ3n) is 7.92. The first-order chi connectivity index (χ1) is 19.2. The molecule has 6 aromatic rings. The van der Waals surface area contributed by atoms with Crippen molar-refractivity contribution in [2.45, 2.75) is 44.9 Å². The maximum absolute atomic E-state index is 13.5. The van der Waals surface area contributed by atoms with Crippen molar-refractivity contribution in [2.75, 3.05) is 0 Å². The van der Waals surface area contributed by atoms with Crippen molar-refractivity contribution in [3.05, 3.63) is 113 Å². The largest absolute Gasteiger partial charge is 0.345 e. The van der Waals surface area contributed by atoms with Gasteiger partial charge in [0.2, 0.25) is 0 Å². The quantitative estimate of drug-likeness (QED) is 0.149. The van der Waals surface area contributed by atoms with E-state index < -0.39 is 0 Å². The van der Waals surface area contributed by atoms with Crippen LogP contribution in [0.5, 0.6) is 0 Å². The average Bonchev–Trinajstić information content (AvgIpc) is 3.17. The fourth-order valence-electron chi connectivity index (χ4n) is 6.55. The van der Waals surface area contributed by atoms with Gasteiger partial charge in [0, 0.05) is 47.9 Å². The van der Waals surface area contributed by atoms with Crippen molar-refractivity contribution in [3.63, 3.8) is 0 Å². The van der Waals surface area contributed by atoms with Crippen molar-refractivity contribution in [3.8, 4) is 34.2 Å². The molecular weight excluding hydrogens is 687 g/mol. The predicted octanol–water partition coefficient (Wildman–Crippen LogP) is 6.79. The smallest absolute Gasteiger partial charge is 0.267 e. The molecule has 7 rings (SSSR count). The first-order valence-corrected chi connectivity index (χ1v) is 13.5. The molecule has 0 saturated carbocycles. The van der Waals surface area contributed by atoms with Crippen molar-refractivity contribution >= 4 is 16.4 Å². The van der Waals surface area contributed by atoms with Gasteiger partial charge in [0.15, 0.2) is 11.6 Å². The Kier molecular flexibility index (Phi) is 6.48. The molecule has 0 N–H and O–H groups in total. The molecule has 0 unspecified atom stereocenters.